The van der Waals surface area contributed by atoms with Crippen molar-refractivity contribution >= 4 is 16.9 Å². The van der Waals surface area contributed by atoms with Gasteiger partial charge in [0.25, 0.3) is 0 Å². The Morgan fingerprint density at radius 3 is 2.89 bits per heavy atom. The molecule has 6 heteroatoms. The lowest BCUT2D eigenvalue weighted by atomic mass is 9.87. The van der Waals surface area contributed by atoms with Crippen LogP contribution in [0.4, 0.5) is 0 Å². The zero-order valence-corrected chi connectivity index (χ0v) is 17.1. The maximum absolute atomic E-state index is 11.2. The lowest BCUT2D eigenvalue weighted by Crippen LogP contribution is -2.38. The molecular weight excluding hydrogens is 350 g/mol. The van der Waals surface area contributed by atoms with Crippen molar-refractivity contribution in [3.8, 4) is 0 Å². The Morgan fingerprint density at radius 1 is 1.21 bits per heavy atom. The lowest BCUT2D eigenvalue weighted by Gasteiger charge is -2.35. The van der Waals surface area contributed by atoms with Crippen molar-refractivity contribution in [1.29, 1.82) is 0 Å². The van der Waals surface area contributed by atoms with Crippen LogP contribution in [0.1, 0.15) is 63.5 Å². The van der Waals surface area contributed by atoms with Crippen molar-refractivity contribution in [2.75, 3.05) is 26.2 Å². The maximum Gasteiger partial charge on any atom is 0.216 e. The number of hydrogen-bond acceptors (Lipinski definition) is 4. The van der Waals surface area contributed by atoms with Crippen molar-refractivity contribution < 1.29 is 4.79 Å². The number of pyridine rings is 1. The van der Waals surface area contributed by atoms with Gasteiger partial charge in [-0.15, -0.1) is 0 Å². The molecule has 2 fully saturated rings. The van der Waals surface area contributed by atoms with E-state index in [4.69, 9.17) is 5.10 Å². The normalized spacial score (nSPS) is 21.8. The van der Waals surface area contributed by atoms with Crippen LogP contribution in [0.25, 0.3) is 11.0 Å². The molecule has 6 nitrogen and oxygen atoms in total. The number of nitrogens with one attached hydrogen (secondary N) is 1. The van der Waals surface area contributed by atoms with Gasteiger partial charge in [0.1, 0.15) is 0 Å². The maximum atomic E-state index is 11.2. The molecule has 2 aromatic rings. The van der Waals surface area contributed by atoms with Crippen LogP contribution in [0.3, 0.4) is 0 Å². The third-order valence-corrected chi connectivity index (χ3v) is 6.37. The summed E-state index contributed by atoms with van der Waals surface area (Å²) in [5, 5.41) is 9.01. The Kier molecular flexibility index (Phi) is 6.25. The number of carbonyl (C=O) groups excluding carboxylic acids is 1. The quantitative estimate of drug-likeness (QED) is 0.831. The molecular formula is C22H33N5O. The molecule has 1 N–H and O–H groups in total. The number of nitrogens with zero attached hydrogens (tertiary/aromatic N) is 4. The second kappa shape index (κ2) is 9.03. The smallest absolute Gasteiger partial charge is 0.216 e. The van der Waals surface area contributed by atoms with Crippen LogP contribution >= 0.6 is 0 Å². The molecule has 1 saturated heterocycles. The highest BCUT2D eigenvalue weighted by Gasteiger charge is 2.27. The number of carbonyl (C=O) groups is 1. The van der Waals surface area contributed by atoms with Crippen molar-refractivity contribution in [2.45, 2.75) is 64.3 Å². The van der Waals surface area contributed by atoms with Gasteiger partial charge in [-0.25, -0.2) is 9.67 Å². The van der Waals surface area contributed by atoms with E-state index in [1.54, 1.807) is 6.92 Å². The molecule has 2 aromatic heterocycles. The van der Waals surface area contributed by atoms with Crippen LogP contribution in [0.5, 0.6) is 0 Å². The number of rotatable bonds is 6. The number of aromatic nitrogens is 3. The molecule has 0 bridgehead atoms. The number of amides is 1. The monoisotopic (exact) mass is 383 g/mol. The van der Waals surface area contributed by atoms with Gasteiger partial charge in [-0.05, 0) is 50.3 Å². The van der Waals surface area contributed by atoms with E-state index in [1.807, 2.05) is 16.9 Å². The standard InChI is InChI=1S/C22H33N5O/c1-17(28)23-12-14-27-22-20(10-5-11-24-22)21(25-27)19-9-6-13-26(16-19)15-18-7-3-2-4-8-18/h5,10-11,18-19H,2-4,6-9,12-16H2,1H3,(H,23,28)/t19-/m0/s1. The molecule has 0 spiro atoms. The molecule has 3 heterocycles. The predicted octanol–water partition coefficient (Wildman–Crippen LogP) is 3.33. The first-order chi connectivity index (χ1) is 13.7. The highest BCUT2D eigenvalue weighted by atomic mass is 16.1. The van der Waals surface area contributed by atoms with Gasteiger partial charge in [0.15, 0.2) is 5.65 Å². The van der Waals surface area contributed by atoms with Gasteiger partial charge in [0.2, 0.25) is 5.91 Å². The number of likely N-dealkylation sites (tertiary alicyclic amines) is 1. The molecule has 4 rings (SSSR count). The summed E-state index contributed by atoms with van der Waals surface area (Å²) >= 11 is 0. The molecule has 28 heavy (non-hydrogen) atoms. The van der Waals surface area contributed by atoms with Crippen molar-refractivity contribution in [1.82, 2.24) is 25.0 Å². The Balaban J connectivity index is 1.48. The molecule has 0 aromatic carbocycles. The fraction of sp³-hybridized carbons (Fsp3) is 0.682. The van der Waals surface area contributed by atoms with Gasteiger partial charge in [-0.2, -0.15) is 5.10 Å². The molecule has 1 aliphatic carbocycles. The van der Waals surface area contributed by atoms with Crippen LogP contribution in [-0.2, 0) is 11.3 Å². The van der Waals surface area contributed by atoms with E-state index in [0.717, 1.165) is 18.1 Å². The highest BCUT2D eigenvalue weighted by molar-refractivity contribution is 5.79. The summed E-state index contributed by atoms with van der Waals surface area (Å²) in [4.78, 5) is 18.5. The molecule has 1 aliphatic heterocycles. The van der Waals surface area contributed by atoms with Crippen molar-refractivity contribution in [3.63, 3.8) is 0 Å². The van der Waals surface area contributed by atoms with Crippen LogP contribution in [0.2, 0.25) is 0 Å². The molecule has 1 amide bonds. The topological polar surface area (TPSA) is 63.1 Å². The highest BCUT2D eigenvalue weighted by Crippen LogP contribution is 2.32. The zero-order valence-electron chi connectivity index (χ0n) is 17.1. The minimum atomic E-state index is -0.00437. The molecule has 1 atom stereocenters. The minimum Gasteiger partial charge on any atom is -0.354 e. The van der Waals surface area contributed by atoms with Crippen LogP contribution in [-0.4, -0.2) is 51.8 Å². The average molecular weight is 384 g/mol. The van der Waals surface area contributed by atoms with Crippen molar-refractivity contribution in [3.05, 3.63) is 24.0 Å². The minimum absolute atomic E-state index is 0.00437. The molecule has 0 radical (unpaired) electrons. The van der Waals surface area contributed by atoms with Gasteiger partial charge >= 0.3 is 0 Å². The van der Waals surface area contributed by atoms with E-state index in [9.17, 15) is 4.79 Å². The number of piperidine rings is 1. The number of hydrogen-bond donors (Lipinski definition) is 1. The van der Waals surface area contributed by atoms with E-state index in [0.29, 0.717) is 19.0 Å². The van der Waals surface area contributed by atoms with Gasteiger partial charge in [0.05, 0.1) is 12.2 Å². The summed E-state index contributed by atoms with van der Waals surface area (Å²) in [5.41, 5.74) is 2.13. The van der Waals surface area contributed by atoms with E-state index in [1.165, 1.54) is 69.1 Å². The third kappa shape index (κ3) is 4.54. The molecule has 2 aliphatic rings. The predicted molar refractivity (Wildman–Crippen MR) is 111 cm³/mol. The summed E-state index contributed by atoms with van der Waals surface area (Å²) in [6.07, 6.45) is 11.4. The van der Waals surface area contributed by atoms with Gasteiger partial charge < -0.3 is 10.2 Å². The molecule has 152 valence electrons. The first-order valence-corrected chi connectivity index (χ1v) is 11.0. The summed E-state index contributed by atoms with van der Waals surface area (Å²) in [7, 11) is 0. The van der Waals surface area contributed by atoms with E-state index < -0.39 is 0 Å². The zero-order chi connectivity index (χ0) is 19.3. The summed E-state index contributed by atoms with van der Waals surface area (Å²) < 4.78 is 1.97. The summed E-state index contributed by atoms with van der Waals surface area (Å²) in [6.45, 7) is 6.39. The molecule has 1 saturated carbocycles. The Bertz CT molecular complexity index is 795. The first kappa shape index (κ1) is 19.4. The Morgan fingerprint density at radius 2 is 2.07 bits per heavy atom. The van der Waals surface area contributed by atoms with E-state index in [2.05, 4.69) is 21.3 Å². The van der Waals surface area contributed by atoms with E-state index in [-0.39, 0.29) is 5.91 Å². The molecule has 0 unspecified atom stereocenters. The Hall–Kier alpha value is -1.95. The van der Waals surface area contributed by atoms with Gasteiger partial charge in [-0.1, -0.05) is 19.3 Å². The summed E-state index contributed by atoms with van der Waals surface area (Å²) in [5.74, 6) is 1.36. The average Bonchev–Trinajstić information content (AvgIpc) is 3.08. The van der Waals surface area contributed by atoms with Crippen LogP contribution < -0.4 is 5.32 Å². The first-order valence-electron chi connectivity index (χ1n) is 11.0. The second-order valence-electron chi connectivity index (χ2n) is 8.57. The van der Waals surface area contributed by atoms with Crippen LogP contribution in [0, 0.1) is 5.92 Å². The summed E-state index contributed by atoms with van der Waals surface area (Å²) in [6, 6.07) is 4.16. The van der Waals surface area contributed by atoms with E-state index >= 15 is 0 Å². The van der Waals surface area contributed by atoms with Gasteiger partial charge in [0, 0.05) is 44.1 Å². The largest absolute Gasteiger partial charge is 0.354 e. The fourth-order valence-electron chi connectivity index (χ4n) is 5.01. The number of fused-ring (bicyclic) bond motifs is 1. The second-order valence-corrected chi connectivity index (χ2v) is 8.57. The fourth-order valence-corrected chi connectivity index (χ4v) is 5.01. The SMILES string of the molecule is CC(=O)NCCn1nc([C@H]2CCCN(CC3CCCCC3)C2)c2cccnc21. The lowest BCUT2D eigenvalue weighted by molar-refractivity contribution is -0.118. The Labute approximate surface area is 167 Å². The van der Waals surface area contributed by atoms with Crippen molar-refractivity contribution in [2.24, 2.45) is 5.92 Å². The van der Waals surface area contributed by atoms with Gasteiger partial charge in [-0.3, -0.25) is 4.79 Å². The van der Waals surface area contributed by atoms with Crippen LogP contribution in [0.15, 0.2) is 18.3 Å². The third-order valence-electron chi connectivity index (χ3n) is 6.37.